The average Bonchev–Trinajstić information content (AvgIpc) is 2.74. The molecule has 2 rings (SSSR count). The van der Waals surface area contributed by atoms with E-state index in [0.29, 0.717) is 23.1 Å². The Labute approximate surface area is 128 Å². The summed E-state index contributed by atoms with van der Waals surface area (Å²) in [5.41, 5.74) is 0. The summed E-state index contributed by atoms with van der Waals surface area (Å²) in [4.78, 5) is 15.0. The van der Waals surface area contributed by atoms with Gasteiger partial charge < -0.3 is 4.90 Å². The van der Waals surface area contributed by atoms with Crippen LogP contribution >= 0.6 is 11.8 Å². The molecule has 4 unspecified atom stereocenters. The van der Waals surface area contributed by atoms with Gasteiger partial charge in [-0.1, -0.05) is 33.6 Å². The lowest BCUT2D eigenvalue weighted by molar-refractivity contribution is -0.133. The second kappa shape index (κ2) is 7.17. The van der Waals surface area contributed by atoms with Gasteiger partial charge in [-0.25, -0.2) is 0 Å². The first-order valence-corrected chi connectivity index (χ1v) is 9.48. The molecule has 0 aromatic carbocycles. The number of nitrogens with zero attached hydrogens (tertiary/aromatic N) is 1. The van der Waals surface area contributed by atoms with Crippen LogP contribution in [0.25, 0.3) is 0 Å². The van der Waals surface area contributed by atoms with E-state index in [4.69, 9.17) is 0 Å². The van der Waals surface area contributed by atoms with E-state index in [1.54, 1.807) is 0 Å². The van der Waals surface area contributed by atoms with E-state index in [2.05, 4.69) is 37.2 Å². The second-order valence-electron chi connectivity index (χ2n) is 6.64. The monoisotopic (exact) mass is 298 g/mol. The van der Waals surface area contributed by atoms with Gasteiger partial charge in [-0.3, -0.25) is 10.1 Å². The highest BCUT2D eigenvalue weighted by Crippen LogP contribution is 2.34. The molecule has 20 heavy (non-hydrogen) atoms. The van der Waals surface area contributed by atoms with Gasteiger partial charge in [0.05, 0.1) is 12.2 Å². The van der Waals surface area contributed by atoms with Crippen LogP contribution in [0.15, 0.2) is 0 Å². The van der Waals surface area contributed by atoms with Crippen molar-refractivity contribution < 1.29 is 4.79 Å². The van der Waals surface area contributed by atoms with Crippen LogP contribution in [0.3, 0.4) is 0 Å². The highest BCUT2D eigenvalue weighted by atomic mass is 32.2. The van der Waals surface area contributed by atoms with Crippen molar-refractivity contribution in [2.45, 2.75) is 82.8 Å². The van der Waals surface area contributed by atoms with Crippen molar-refractivity contribution in [1.82, 2.24) is 10.2 Å². The van der Waals surface area contributed by atoms with E-state index < -0.39 is 0 Å². The molecule has 0 aromatic rings. The number of hydrogen-bond acceptors (Lipinski definition) is 3. The molecule has 4 atom stereocenters. The molecule has 0 aromatic heterocycles. The second-order valence-corrected chi connectivity index (χ2v) is 7.72. The van der Waals surface area contributed by atoms with E-state index in [0.717, 1.165) is 12.8 Å². The molecule has 1 saturated heterocycles. The topological polar surface area (TPSA) is 32.3 Å². The van der Waals surface area contributed by atoms with Crippen molar-refractivity contribution in [2.24, 2.45) is 5.92 Å². The first-order chi connectivity index (χ1) is 9.58. The molecule has 1 heterocycles. The van der Waals surface area contributed by atoms with Crippen molar-refractivity contribution >= 4 is 17.7 Å². The number of nitrogens with one attached hydrogen (secondary N) is 1. The Morgan fingerprint density at radius 1 is 1.35 bits per heavy atom. The first kappa shape index (κ1) is 16.2. The molecule has 2 fully saturated rings. The standard InChI is InChI=1S/C16H30N2OS/c1-5-12-16(19)18(15(17-12)10-11(2)3)13-8-6-7-9-14(13)20-4/h11-15,17H,5-10H2,1-4H3. The SMILES string of the molecule is CCC1NC(CC(C)C)N(C2CCCCC2SC)C1=O. The van der Waals surface area contributed by atoms with Gasteiger partial charge in [0.1, 0.15) is 0 Å². The Morgan fingerprint density at radius 3 is 2.65 bits per heavy atom. The molecule has 116 valence electrons. The zero-order valence-electron chi connectivity index (χ0n) is 13.4. The van der Waals surface area contributed by atoms with Gasteiger partial charge in [0.25, 0.3) is 0 Å². The molecule has 1 amide bonds. The lowest BCUT2D eigenvalue weighted by atomic mass is 9.92. The van der Waals surface area contributed by atoms with Crippen LogP contribution in [0, 0.1) is 5.92 Å². The van der Waals surface area contributed by atoms with E-state index >= 15 is 0 Å². The summed E-state index contributed by atoms with van der Waals surface area (Å²) in [6.07, 6.45) is 9.47. The quantitative estimate of drug-likeness (QED) is 0.845. The van der Waals surface area contributed by atoms with Gasteiger partial charge in [0, 0.05) is 11.3 Å². The number of carbonyl (C=O) groups excluding carboxylic acids is 1. The van der Waals surface area contributed by atoms with E-state index in [-0.39, 0.29) is 12.2 Å². The number of carbonyl (C=O) groups is 1. The van der Waals surface area contributed by atoms with Crippen LogP contribution in [0.5, 0.6) is 0 Å². The third kappa shape index (κ3) is 3.33. The molecule has 2 aliphatic rings. The van der Waals surface area contributed by atoms with Gasteiger partial charge in [-0.15, -0.1) is 0 Å². The molecule has 0 radical (unpaired) electrons. The maximum atomic E-state index is 12.7. The molecule has 0 bridgehead atoms. The minimum atomic E-state index is 0.0446. The average molecular weight is 298 g/mol. The molecule has 1 N–H and O–H groups in total. The number of hydrogen-bond donors (Lipinski definition) is 1. The maximum Gasteiger partial charge on any atom is 0.241 e. The van der Waals surface area contributed by atoms with Gasteiger partial charge in [0.15, 0.2) is 0 Å². The highest BCUT2D eigenvalue weighted by Gasteiger charge is 2.44. The fourth-order valence-electron chi connectivity index (χ4n) is 3.70. The van der Waals surface area contributed by atoms with Crippen molar-refractivity contribution in [1.29, 1.82) is 0 Å². The van der Waals surface area contributed by atoms with E-state index in [1.165, 1.54) is 25.7 Å². The van der Waals surface area contributed by atoms with Crippen molar-refractivity contribution in [2.75, 3.05) is 6.26 Å². The molecule has 4 heteroatoms. The Balaban J connectivity index is 2.17. The van der Waals surface area contributed by atoms with Crippen molar-refractivity contribution in [3.05, 3.63) is 0 Å². The fraction of sp³-hybridized carbons (Fsp3) is 0.938. The third-order valence-corrected chi connectivity index (χ3v) is 5.87. The summed E-state index contributed by atoms with van der Waals surface area (Å²) >= 11 is 1.95. The number of rotatable bonds is 5. The lowest BCUT2D eigenvalue weighted by Gasteiger charge is -2.40. The summed E-state index contributed by atoms with van der Waals surface area (Å²) in [6.45, 7) is 6.60. The Morgan fingerprint density at radius 2 is 2.05 bits per heavy atom. The number of amides is 1. The summed E-state index contributed by atoms with van der Waals surface area (Å²) in [6, 6.07) is 0.488. The smallest absolute Gasteiger partial charge is 0.241 e. The van der Waals surface area contributed by atoms with E-state index in [1.807, 2.05) is 11.8 Å². The highest BCUT2D eigenvalue weighted by molar-refractivity contribution is 7.99. The van der Waals surface area contributed by atoms with Crippen molar-refractivity contribution in [3.63, 3.8) is 0 Å². The molecule has 1 aliphatic carbocycles. The summed E-state index contributed by atoms with van der Waals surface area (Å²) in [5, 5.41) is 4.21. The lowest BCUT2D eigenvalue weighted by Crippen LogP contribution is -2.50. The van der Waals surface area contributed by atoms with Crippen molar-refractivity contribution in [3.8, 4) is 0 Å². The van der Waals surface area contributed by atoms with Crippen LogP contribution in [0.2, 0.25) is 0 Å². The molecular formula is C16H30N2OS. The van der Waals surface area contributed by atoms with Crippen LogP contribution in [-0.4, -0.2) is 40.6 Å². The Hall–Kier alpha value is -0.220. The molecule has 3 nitrogen and oxygen atoms in total. The predicted molar refractivity (Wildman–Crippen MR) is 86.9 cm³/mol. The van der Waals surface area contributed by atoms with Gasteiger partial charge in [-0.2, -0.15) is 11.8 Å². The van der Waals surface area contributed by atoms with Crippen LogP contribution < -0.4 is 5.32 Å². The van der Waals surface area contributed by atoms with Gasteiger partial charge in [-0.05, 0) is 37.9 Å². The fourth-order valence-corrected chi connectivity index (χ4v) is 4.69. The minimum Gasteiger partial charge on any atom is -0.322 e. The molecule has 0 spiro atoms. The van der Waals surface area contributed by atoms with Crippen LogP contribution in [0.1, 0.15) is 59.3 Å². The summed E-state index contributed by atoms with van der Waals surface area (Å²) in [7, 11) is 0. The zero-order chi connectivity index (χ0) is 14.7. The van der Waals surface area contributed by atoms with Crippen LogP contribution in [-0.2, 0) is 4.79 Å². The Bertz CT molecular complexity index is 334. The molecule has 1 saturated carbocycles. The minimum absolute atomic E-state index is 0.0446. The zero-order valence-corrected chi connectivity index (χ0v) is 14.2. The first-order valence-electron chi connectivity index (χ1n) is 8.19. The largest absolute Gasteiger partial charge is 0.322 e. The predicted octanol–water partition coefficient (Wildman–Crippen LogP) is 3.24. The normalized spacial score (nSPS) is 35.0. The summed E-state index contributed by atoms with van der Waals surface area (Å²) < 4.78 is 0. The number of thioether (sulfide) groups is 1. The van der Waals surface area contributed by atoms with Gasteiger partial charge in [0.2, 0.25) is 5.91 Å². The third-order valence-electron chi connectivity index (χ3n) is 4.71. The van der Waals surface area contributed by atoms with Gasteiger partial charge >= 0.3 is 0 Å². The maximum absolute atomic E-state index is 12.7. The molecular weight excluding hydrogens is 268 g/mol. The van der Waals surface area contributed by atoms with E-state index in [9.17, 15) is 4.79 Å². The van der Waals surface area contributed by atoms with Crippen LogP contribution in [0.4, 0.5) is 0 Å². The molecule has 1 aliphatic heterocycles. The summed E-state index contributed by atoms with van der Waals surface area (Å²) in [5.74, 6) is 0.971. The Kier molecular flexibility index (Phi) is 5.79.